The molecule has 0 heterocycles. The molecule has 1 aromatic rings. The second-order valence-corrected chi connectivity index (χ2v) is 4.42. The van der Waals surface area contributed by atoms with Crippen molar-refractivity contribution in [3.8, 4) is 0 Å². The van der Waals surface area contributed by atoms with Crippen molar-refractivity contribution in [2.24, 2.45) is 0 Å². The lowest BCUT2D eigenvalue weighted by atomic mass is 9.97. The molecular weight excluding hydrogens is 168 g/mol. The molecule has 0 N–H and O–H groups in total. The van der Waals surface area contributed by atoms with Gasteiger partial charge < -0.3 is 0 Å². The van der Waals surface area contributed by atoms with Crippen LogP contribution in [0.1, 0.15) is 36.8 Å². The van der Waals surface area contributed by atoms with Gasteiger partial charge in [-0.25, -0.2) is 0 Å². The molecule has 0 saturated heterocycles. The number of rotatable bonds is 0. The number of fused-ring (bicyclic) bond motifs is 5. The number of benzene rings is 1. The maximum absolute atomic E-state index is 2.36. The summed E-state index contributed by atoms with van der Waals surface area (Å²) in [6, 6.07) is 8.84. The molecule has 3 rings (SSSR count). The molecule has 2 aliphatic carbocycles. The zero-order valence-electron chi connectivity index (χ0n) is 8.62. The Hall–Kier alpha value is -1.30. The zero-order valence-corrected chi connectivity index (χ0v) is 8.62. The molecule has 1 aromatic carbocycles. The minimum absolute atomic E-state index is 0.584. The summed E-state index contributed by atoms with van der Waals surface area (Å²) in [5.74, 6) is 1.17. The molecule has 14 heavy (non-hydrogen) atoms. The Morgan fingerprint density at radius 1 is 0.929 bits per heavy atom. The molecule has 2 aliphatic rings. The van der Waals surface area contributed by atoms with Crippen molar-refractivity contribution >= 4 is 0 Å². The molecule has 0 aliphatic heterocycles. The molecule has 0 amide bonds. The van der Waals surface area contributed by atoms with Gasteiger partial charge in [-0.05, 0) is 30.5 Å². The van der Waals surface area contributed by atoms with Crippen LogP contribution in [0.25, 0.3) is 0 Å². The van der Waals surface area contributed by atoms with E-state index in [-0.39, 0.29) is 0 Å². The van der Waals surface area contributed by atoms with E-state index < -0.39 is 0 Å². The van der Waals surface area contributed by atoms with Crippen LogP contribution < -0.4 is 0 Å². The van der Waals surface area contributed by atoms with Crippen molar-refractivity contribution in [1.82, 2.24) is 0 Å². The van der Waals surface area contributed by atoms with E-state index in [4.69, 9.17) is 0 Å². The topological polar surface area (TPSA) is 0 Å². The van der Waals surface area contributed by atoms with Crippen LogP contribution in [0, 0.1) is 0 Å². The van der Waals surface area contributed by atoms with Crippen molar-refractivity contribution in [3.63, 3.8) is 0 Å². The third-order valence-electron chi connectivity index (χ3n) is 3.41. The van der Waals surface area contributed by atoms with E-state index in [0.717, 1.165) is 0 Å². The van der Waals surface area contributed by atoms with Gasteiger partial charge in [0.25, 0.3) is 0 Å². The van der Waals surface area contributed by atoms with Crippen LogP contribution in [0.2, 0.25) is 0 Å². The maximum atomic E-state index is 2.36. The Morgan fingerprint density at radius 3 is 1.86 bits per heavy atom. The molecule has 0 unspecified atom stereocenters. The van der Waals surface area contributed by atoms with Crippen LogP contribution in [0.15, 0.2) is 47.6 Å². The summed E-state index contributed by atoms with van der Waals surface area (Å²) in [5, 5.41) is 0. The van der Waals surface area contributed by atoms with Crippen molar-refractivity contribution in [2.45, 2.75) is 25.7 Å². The predicted molar refractivity (Wildman–Crippen MR) is 59.4 cm³/mol. The Bertz CT molecular complexity index is 410. The van der Waals surface area contributed by atoms with E-state index in [9.17, 15) is 0 Å². The Kier molecular flexibility index (Phi) is 1.49. The van der Waals surface area contributed by atoms with Gasteiger partial charge in [-0.2, -0.15) is 0 Å². The quantitative estimate of drug-likeness (QED) is 0.536. The minimum Gasteiger partial charge on any atom is -0.0760 e. The fourth-order valence-corrected chi connectivity index (χ4v) is 2.86. The van der Waals surface area contributed by atoms with Gasteiger partial charge in [0.1, 0.15) is 0 Å². The lowest BCUT2D eigenvalue weighted by Crippen LogP contribution is -1.90. The van der Waals surface area contributed by atoms with Crippen molar-refractivity contribution in [3.05, 3.63) is 58.7 Å². The third-order valence-corrected chi connectivity index (χ3v) is 3.41. The summed E-state index contributed by atoms with van der Waals surface area (Å²) in [4.78, 5) is 0. The molecule has 0 nitrogen and oxygen atoms in total. The highest BCUT2D eigenvalue weighted by atomic mass is 14.4. The highest BCUT2D eigenvalue weighted by Crippen LogP contribution is 2.53. The summed E-state index contributed by atoms with van der Waals surface area (Å²) in [7, 11) is 0. The standard InChI is InChI=1S/C14H14/c1-9(2)14-12-7-8-13(14)11-6-4-3-5-10(11)12/h3-8,12-13H,1-2H3/t12-,13-/m1/s1. The summed E-state index contributed by atoms with van der Waals surface area (Å²) >= 11 is 0. The van der Waals surface area contributed by atoms with Gasteiger partial charge in [-0.3, -0.25) is 0 Å². The normalized spacial score (nSPS) is 26.9. The van der Waals surface area contributed by atoms with Crippen LogP contribution >= 0.6 is 0 Å². The van der Waals surface area contributed by atoms with Crippen molar-refractivity contribution in [1.29, 1.82) is 0 Å². The fourth-order valence-electron chi connectivity index (χ4n) is 2.86. The van der Waals surface area contributed by atoms with E-state index in [1.54, 1.807) is 5.57 Å². The molecule has 0 fully saturated rings. The molecule has 0 radical (unpaired) electrons. The molecular formula is C14H14. The van der Waals surface area contributed by atoms with Crippen LogP contribution in [0.4, 0.5) is 0 Å². The molecule has 2 atom stereocenters. The summed E-state index contributed by atoms with van der Waals surface area (Å²) in [6.07, 6.45) is 4.71. The van der Waals surface area contributed by atoms with Crippen LogP contribution in [-0.2, 0) is 0 Å². The van der Waals surface area contributed by atoms with Crippen molar-refractivity contribution in [2.75, 3.05) is 0 Å². The SMILES string of the molecule is CC(C)=C1[C@@H]2C=C[C@@H]1c1ccccc12. The highest BCUT2D eigenvalue weighted by molar-refractivity contribution is 5.60. The zero-order chi connectivity index (χ0) is 9.71. The lowest BCUT2D eigenvalue weighted by Gasteiger charge is -2.07. The van der Waals surface area contributed by atoms with Gasteiger partial charge in [0, 0.05) is 11.8 Å². The largest absolute Gasteiger partial charge is 0.0760 e. The van der Waals surface area contributed by atoms with Crippen molar-refractivity contribution < 1.29 is 0 Å². The first-order valence-electron chi connectivity index (χ1n) is 5.23. The molecule has 0 spiro atoms. The number of allylic oxidation sites excluding steroid dienone is 4. The van der Waals surface area contributed by atoms with E-state index in [1.165, 1.54) is 16.7 Å². The third kappa shape index (κ3) is 0.836. The minimum atomic E-state index is 0.584. The first-order valence-corrected chi connectivity index (χ1v) is 5.23. The number of hydrogen-bond donors (Lipinski definition) is 0. The van der Waals surface area contributed by atoms with E-state index in [0.29, 0.717) is 11.8 Å². The Morgan fingerprint density at radius 2 is 1.43 bits per heavy atom. The average Bonchev–Trinajstić information content (AvgIpc) is 2.73. The van der Waals surface area contributed by atoms with E-state index in [2.05, 4.69) is 50.3 Å². The summed E-state index contributed by atoms with van der Waals surface area (Å²) < 4.78 is 0. The molecule has 0 aromatic heterocycles. The van der Waals surface area contributed by atoms with E-state index in [1.807, 2.05) is 0 Å². The molecule has 0 heteroatoms. The Labute approximate surface area is 85.0 Å². The first kappa shape index (κ1) is 8.05. The van der Waals surface area contributed by atoms with Crippen LogP contribution in [-0.4, -0.2) is 0 Å². The van der Waals surface area contributed by atoms with Gasteiger partial charge >= 0.3 is 0 Å². The first-order chi connectivity index (χ1) is 6.79. The monoisotopic (exact) mass is 182 g/mol. The van der Waals surface area contributed by atoms with Gasteiger partial charge in [0.15, 0.2) is 0 Å². The average molecular weight is 182 g/mol. The van der Waals surface area contributed by atoms with E-state index >= 15 is 0 Å². The summed E-state index contributed by atoms with van der Waals surface area (Å²) in [6.45, 7) is 4.46. The lowest BCUT2D eigenvalue weighted by molar-refractivity contribution is 0.992. The molecule has 0 saturated carbocycles. The van der Waals surface area contributed by atoms with Gasteiger partial charge in [0.05, 0.1) is 0 Å². The maximum Gasteiger partial charge on any atom is 0.0243 e. The van der Waals surface area contributed by atoms with Crippen LogP contribution in [0.3, 0.4) is 0 Å². The van der Waals surface area contributed by atoms with Gasteiger partial charge in [0.2, 0.25) is 0 Å². The summed E-state index contributed by atoms with van der Waals surface area (Å²) in [5.41, 5.74) is 6.15. The van der Waals surface area contributed by atoms with Gasteiger partial charge in [-0.1, -0.05) is 42.0 Å². The highest BCUT2D eigenvalue weighted by Gasteiger charge is 2.37. The van der Waals surface area contributed by atoms with Gasteiger partial charge in [-0.15, -0.1) is 0 Å². The van der Waals surface area contributed by atoms with Crippen LogP contribution in [0.5, 0.6) is 0 Å². The Balaban J connectivity index is 2.26. The second-order valence-electron chi connectivity index (χ2n) is 4.42. The molecule has 70 valence electrons. The fraction of sp³-hybridized carbons (Fsp3) is 0.286. The number of hydrogen-bond acceptors (Lipinski definition) is 0. The molecule has 2 bridgehead atoms. The predicted octanol–water partition coefficient (Wildman–Crippen LogP) is 3.77. The smallest absolute Gasteiger partial charge is 0.0243 e. The second kappa shape index (κ2) is 2.60.